The highest BCUT2D eigenvalue weighted by molar-refractivity contribution is 5.92. The Hall–Kier alpha value is -2.63. The third kappa shape index (κ3) is 4.01. The Balaban J connectivity index is 2.18. The van der Waals surface area contributed by atoms with Crippen LogP contribution in [0.4, 0.5) is 5.88 Å². The predicted octanol–water partition coefficient (Wildman–Crippen LogP) is 4.44. The van der Waals surface area contributed by atoms with Gasteiger partial charge in [0.1, 0.15) is 4.92 Å². The minimum Gasteiger partial charge on any atom is -0.395 e. The van der Waals surface area contributed by atoms with Crippen molar-refractivity contribution < 1.29 is 14.1 Å². The van der Waals surface area contributed by atoms with Gasteiger partial charge >= 0.3 is 5.88 Å². The molecular weight excluding hydrogens is 308 g/mol. The van der Waals surface area contributed by atoms with Gasteiger partial charge in [0.05, 0.1) is 12.1 Å². The third-order valence-corrected chi connectivity index (χ3v) is 3.91. The molecule has 0 saturated heterocycles. The number of carbonyl (C=O) groups is 1. The van der Waals surface area contributed by atoms with Crippen LogP contribution in [-0.2, 0) is 0 Å². The van der Waals surface area contributed by atoms with Crippen LogP contribution >= 0.6 is 0 Å². The Morgan fingerprint density at radius 3 is 2.08 bits per heavy atom. The summed E-state index contributed by atoms with van der Waals surface area (Å²) < 4.78 is 4.96. The maximum absolute atomic E-state index is 12.3. The lowest BCUT2D eigenvalue weighted by Crippen LogP contribution is -2.31. The average Bonchev–Trinajstić information content (AvgIpc) is 3.02. The van der Waals surface area contributed by atoms with Crippen LogP contribution in [0.1, 0.15) is 61.3 Å². The van der Waals surface area contributed by atoms with Gasteiger partial charge in [-0.25, -0.2) is 0 Å². The number of hydrogen-bond donors (Lipinski definition) is 1. The largest absolute Gasteiger partial charge is 0.433 e. The second kappa shape index (κ2) is 7.29. The molecule has 1 N–H and O–H groups in total. The lowest BCUT2D eigenvalue weighted by Gasteiger charge is -2.23. The molecule has 2 rings (SSSR count). The summed E-state index contributed by atoms with van der Waals surface area (Å²) in [5.74, 6) is -0.373. The smallest absolute Gasteiger partial charge is 0.395 e. The zero-order chi connectivity index (χ0) is 17.9. The summed E-state index contributed by atoms with van der Waals surface area (Å²) in [6, 6.07) is 10.4. The van der Waals surface area contributed by atoms with E-state index in [-0.39, 0.29) is 17.7 Å². The molecule has 1 aromatic heterocycles. The lowest BCUT2D eigenvalue weighted by molar-refractivity contribution is -0.402. The second-order valence-electron chi connectivity index (χ2n) is 6.41. The summed E-state index contributed by atoms with van der Waals surface area (Å²) in [6.45, 7) is 8.26. The van der Waals surface area contributed by atoms with E-state index in [0.717, 1.165) is 5.56 Å². The van der Waals surface area contributed by atoms with Crippen LogP contribution in [0.25, 0.3) is 0 Å². The maximum atomic E-state index is 12.3. The van der Waals surface area contributed by atoms with Gasteiger partial charge in [-0.05, 0) is 29.0 Å². The standard InChI is InChI=1S/C18H22N2O4/c1-11(2)13-5-7-14(8-6-13)17(12(3)4)19-18(21)15-9-10-16(24-15)20(22)23/h5-12,17H,1-4H3,(H,19,21). The molecule has 128 valence electrons. The van der Waals surface area contributed by atoms with E-state index < -0.39 is 16.7 Å². The summed E-state index contributed by atoms with van der Waals surface area (Å²) in [7, 11) is 0. The fraction of sp³-hybridized carbons (Fsp3) is 0.389. The van der Waals surface area contributed by atoms with Crippen molar-refractivity contribution in [3.8, 4) is 0 Å². The highest BCUT2D eigenvalue weighted by atomic mass is 16.6. The summed E-state index contributed by atoms with van der Waals surface area (Å²) >= 11 is 0. The van der Waals surface area contributed by atoms with E-state index in [1.54, 1.807) is 0 Å². The van der Waals surface area contributed by atoms with Crippen molar-refractivity contribution in [2.75, 3.05) is 0 Å². The Morgan fingerprint density at radius 1 is 1.04 bits per heavy atom. The van der Waals surface area contributed by atoms with E-state index in [1.807, 2.05) is 26.0 Å². The first-order valence-corrected chi connectivity index (χ1v) is 7.94. The van der Waals surface area contributed by atoms with Crippen molar-refractivity contribution in [1.29, 1.82) is 0 Å². The van der Waals surface area contributed by atoms with E-state index in [4.69, 9.17) is 4.42 Å². The molecule has 0 fully saturated rings. The van der Waals surface area contributed by atoms with E-state index in [0.29, 0.717) is 5.92 Å². The van der Waals surface area contributed by atoms with Gasteiger partial charge in [0.25, 0.3) is 5.91 Å². The van der Waals surface area contributed by atoms with E-state index in [1.165, 1.54) is 17.7 Å². The minimum absolute atomic E-state index is 0.0637. The number of nitro groups is 1. The highest BCUT2D eigenvalue weighted by Gasteiger charge is 2.23. The van der Waals surface area contributed by atoms with Crippen LogP contribution in [0.15, 0.2) is 40.8 Å². The lowest BCUT2D eigenvalue weighted by atomic mass is 9.93. The molecule has 1 unspecified atom stereocenters. The van der Waals surface area contributed by atoms with Crippen LogP contribution in [0, 0.1) is 16.0 Å². The van der Waals surface area contributed by atoms with Gasteiger partial charge in [0, 0.05) is 0 Å². The molecule has 0 aliphatic heterocycles. The molecule has 0 spiro atoms. The number of carbonyl (C=O) groups excluding carboxylic acids is 1. The van der Waals surface area contributed by atoms with Crippen LogP contribution in [-0.4, -0.2) is 10.8 Å². The number of benzene rings is 1. The highest BCUT2D eigenvalue weighted by Crippen LogP contribution is 2.25. The topological polar surface area (TPSA) is 85.4 Å². The van der Waals surface area contributed by atoms with Crippen LogP contribution in [0.2, 0.25) is 0 Å². The zero-order valence-electron chi connectivity index (χ0n) is 14.3. The number of rotatable bonds is 6. The van der Waals surface area contributed by atoms with Gasteiger partial charge in [-0.1, -0.05) is 52.0 Å². The first kappa shape index (κ1) is 17.7. The van der Waals surface area contributed by atoms with Crippen molar-refractivity contribution in [3.63, 3.8) is 0 Å². The first-order chi connectivity index (χ1) is 11.3. The molecule has 6 heteroatoms. The fourth-order valence-electron chi connectivity index (χ4n) is 2.48. The maximum Gasteiger partial charge on any atom is 0.433 e. The van der Waals surface area contributed by atoms with Gasteiger partial charge < -0.3 is 9.73 Å². The van der Waals surface area contributed by atoms with Crippen LogP contribution in [0.5, 0.6) is 0 Å². The monoisotopic (exact) mass is 330 g/mol. The number of hydrogen-bond acceptors (Lipinski definition) is 4. The van der Waals surface area contributed by atoms with E-state index in [2.05, 4.69) is 31.3 Å². The van der Waals surface area contributed by atoms with Gasteiger partial charge in [-0.15, -0.1) is 0 Å². The van der Waals surface area contributed by atoms with Crippen LogP contribution in [0.3, 0.4) is 0 Å². The third-order valence-electron chi connectivity index (χ3n) is 3.91. The molecule has 1 heterocycles. The molecule has 0 bridgehead atoms. The van der Waals surface area contributed by atoms with Gasteiger partial charge in [0.15, 0.2) is 5.76 Å². The summed E-state index contributed by atoms with van der Waals surface area (Å²) in [5.41, 5.74) is 2.22. The van der Waals surface area contributed by atoms with Crippen molar-refractivity contribution >= 4 is 11.8 Å². The van der Waals surface area contributed by atoms with Gasteiger partial charge in [0.2, 0.25) is 0 Å². The van der Waals surface area contributed by atoms with Gasteiger partial charge in [-0.3, -0.25) is 14.9 Å². The van der Waals surface area contributed by atoms with Crippen molar-refractivity contribution in [2.45, 2.75) is 39.7 Å². The number of amides is 1. The van der Waals surface area contributed by atoms with Crippen molar-refractivity contribution in [3.05, 3.63) is 63.4 Å². The minimum atomic E-state index is -0.665. The SMILES string of the molecule is CC(C)c1ccc(C(NC(=O)c2ccc([N+](=O)[O-])o2)C(C)C)cc1. The molecule has 1 atom stereocenters. The Bertz CT molecular complexity index is 717. The quantitative estimate of drug-likeness (QED) is 0.627. The molecule has 0 saturated carbocycles. The van der Waals surface area contributed by atoms with E-state index in [9.17, 15) is 14.9 Å². The normalized spacial score (nSPS) is 12.4. The fourth-order valence-corrected chi connectivity index (χ4v) is 2.48. The summed E-state index contributed by atoms with van der Waals surface area (Å²) in [6.07, 6.45) is 0. The number of nitrogens with one attached hydrogen (secondary N) is 1. The second-order valence-corrected chi connectivity index (χ2v) is 6.41. The Labute approximate surface area is 141 Å². The first-order valence-electron chi connectivity index (χ1n) is 7.94. The summed E-state index contributed by atoms with van der Waals surface area (Å²) in [5, 5.41) is 13.6. The molecule has 1 amide bonds. The summed E-state index contributed by atoms with van der Waals surface area (Å²) in [4.78, 5) is 22.3. The molecule has 1 aromatic carbocycles. The molecule has 2 aromatic rings. The number of nitrogens with zero attached hydrogens (tertiary/aromatic N) is 1. The van der Waals surface area contributed by atoms with Crippen molar-refractivity contribution in [2.24, 2.45) is 5.92 Å². The Kier molecular flexibility index (Phi) is 5.39. The number of furan rings is 1. The molecule has 0 aliphatic carbocycles. The molecule has 24 heavy (non-hydrogen) atoms. The average molecular weight is 330 g/mol. The van der Waals surface area contributed by atoms with Crippen LogP contribution < -0.4 is 5.32 Å². The predicted molar refractivity (Wildman–Crippen MR) is 90.9 cm³/mol. The Morgan fingerprint density at radius 2 is 1.62 bits per heavy atom. The molecular formula is C18H22N2O4. The molecule has 0 aliphatic rings. The van der Waals surface area contributed by atoms with Crippen molar-refractivity contribution in [1.82, 2.24) is 5.32 Å². The van der Waals surface area contributed by atoms with E-state index >= 15 is 0 Å². The molecule has 0 radical (unpaired) electrons. The molecule has 6 nitrogen and oxygen atoms in total. The zero-order valence-corrected chi connectivity index (χ0v) is 14.3. The van der Waals surface area contributed by atoms with Gasteiger partial charge in [-0.2, -0.15) is 0 Å².